The second kappa shape index (κ2) is 6.45. The number of rotatable bonds is 1. The number of anilines is 1. The number of benzene rings is 1. The van der Waals surface area contributed by atoms with Gasteiger partial charge in [-0.1, -0.05) is 26.6 Å². The van der Waals surface area contributed by atoms with Crippen LogP contribution >= 0.6 is 15.9 Å². The molecule has 0 aliphatic carbocycles. The first kappa shape index (κ1) is 16.4. The molecule has 0 aromatic heterocycles. The van der Waals surface area contributed by atoms with Gasteiger partial charge in [0, 0.05) is 22.5 Å². The number of amides is 1. The van der Waals surface area contributed by atoms with E-state index in [2.05, 4.69) is 20.3 Å². The first-order chi connectivity index (χ1) is 9.77. The van der Waals surface area contributed by atoms with Crippen molar-refractivity contribution < 1.29 is 23.1 Å². The standard InChI is InChI=1S/C12H12BrF3N2O2S/c13-8-1-3-9(4-2-8)18-5-6-21(10(19)7-18)17-11(20)12(14,15)16/h1-4,10,19H,5-7H2. The van der Waals surface area contributed by atoms with Crippen LogP contribution in [0.2, 0.25) is 0 Å². The largest absolute Gasteiger partial charge is 0.474 e. The van der Waals surface area contributed by atoms with Crippen molar-refractivity contribution in [1.82, 2.24) is 0 Å². The van der Waals surface area contributed by atoms with Gasteiger partial charge in [-0.15, -0.1) is 0 Å². The van der Waals surface area contributed by atoms with E-state index in [1.807, 2.05) is 29.2 Å². The zero-order valence-corrected chi connectivity index (χ0v) is 13.1. The van der Waals surface area contributed by atoms with E-state index in [4.69, 9.17) is 0 Å². The molecule has 1 heterocycles. The van der Waals surface area contributed by atoms with Gasteiger partial charge in [0.2, 0.25) is 0 Å². The number of carbonyl (C=O) groups excluding carboxylic acids is 1. The Morgan fingerprint density at radius 3 is 2.52 bits per heavy atom. The van der Waals surface area contributed by atoms with Gasteiger partial charge in [0.05, 0.1) is 6.54 Å². The molecule has 2 unspecified atom stereocenters. The van der Waals surface area contributed by atoms with Crippen molar-refractivity contribution in [1.29, 1.82) is 0 Å². The predicted molar refractivity (Wildman–Crippen MR) is 78.1 cm³/mol. The van der Waals surface area contributed by atoms with Crippen LogP contribution in [0.5, 0.6) is 0 Å². The van der Waals surface area contributed by atoms with E-state index in [1.54, 1.807) is 0 Å². The Morgan fingerprint density at radius 1 is 1.38 bits per heavy atom. The molecule has 1 amide bonds. The maximum atomic E-state index is 12.2. The van der Waals surface area contributed by atoms with Gasteiger partial charge in [0.25, 0.3) is 0 Å². The number of aliphatic hydroxyl groups is 1. The molecule has 0 bridgehead atoms. The number of hydrogen-bond donors (Lipinski definition) is 1. The minimum absolute atomic E-state index is 0.152. The maximum absolute atomic E-state index is 12.2. The monoisotopic (exact) mass is 384 g/mol. The second-order valence-corrected chi connectivity index (χ2v) is 7.23. The van der Waals surface area contributed by atoms with E-state index in [9.17, 15) is 23.1 Å². The SMILES string of the molecule is O=C(N=S1CCN(c2ccc(Br)cc2)CC1O)C(F)(F)F. The fourth-order valence-electron chi connectivity index (χ4n) is 1.86. The molecular formula is C12H12BrF3N2O2S. The summed E-state index contributed by atoms with van der Waals surface area (Å²) in [4.78, 5) is 12.7. The Balaban J connectivity index is 2.07. The molecule has 0 radical (unpaired) electrons. The van der Waals surface area contributed by atoms with Crippen LogP contribution in [0, 0.1) is 0 Å². The zero-order valence-electron chi connectivity index (χ0n) is 10.7. The summed E-state index contributed by atoms with van der Waals surface area (Å²) >= 11 is 3.31. The van der Waals surface area contributed by atoms with Gasteiger partial charge in [-0.25, -0.2) is 0 Å². The van der Waals surface area contributed by atoms with Crippen LogP contribution in [0.3, 0.4) is 0 Å². The summed E-state index contributed by atoms with van der Waals surface area (Å²) < 4.78 is 40.5. The Labute approximate surface area is 130 Å². The van der Waals surface area contributed by atoms with Crippen molar-refractivity contribution in [3.8, 4) is 0 Å². The lowest BCUT2D eigenvalue weighted by Crippen LogP contribution is -2.44. The average molecular weight is 385 g/mol. The molecule has 1 N–H and O–H groups in total. The summed E-state index contributed by atoms with van der Waals surface area (Å²) in [6, 6.07) is 7.37. The van der Waals surface area contributed by atoms with Crippen molar-refractivity contribution in [3.05, 3.63) is 28.7 Å². The average Bonchev–Trinajstić information content (AvgIpc) is 2.41. The highest BCUT2D eigenvalue weighted by atomic mass is 79.9. The lowest BCUT2D eigenvalue weighted by atomic mass is 10.3. The van der Waals surface area contributed by atoms with E-state index >= 15 is 0 Å². The molecule has 2 rings (SSSR count). The van der Waals surface area contributed by atoms with Crippen LogP contribution in [0.4, 0.5) is 18.9 Å². The van der Waals surface area contributed by atoms with Crippen molar-refractivity contribution in [2.75, 3.05) is 23.7 Å². The highest BCUT2D eigenvalue weighted by Gasteiger charge is 2.39. The van der Waals surface area contributed by atoms with E-state index in [1.165, 1.54) is 0 Å². The summed E-state index contributed by atoms with van der Waals surface area (Å²) in [6.45, 7) is 0.593. The van der Waals surface area contributed by atoms with E-state index in [0.29, 0.717) is 6.54 Å². The van der Waals surface area contributed by atoms with E-state index in [-0.39, 0.29) is 12.3 Å². The fourth-order valence-corrected chi connectivity index (χ4v) is 3.68. The highest BCUT2D eigenvalue weighted by molar-refractivity contribution is 9.10. The third-order valence-corrected chi connectivity index (χ3v) is 5.20. The van der Waals surface area contributed by atoms with Crippen LogP contribution in [0.25, 0.3) is 0 Å². The molecule has 1 aromatic carbocycles. The van der Waals surface area contributed by atoms with Crippen LogP contribution in [-0.2, 0) is 15.5 Å². The molecule has 116 valence electrons. The Bertz CT molecular complexity index is 563. The Hall–Kier alpha value is -0.930. The van der Waals surface area contributed by atoms with Gasteiger partial charge in [-0.3, -0.25) is 4.79 Å². The van der Waals surface area contributed by atoms with Crippen molar-refractivity contribution in [3.63, 3.8) is 0 Å². The quantitative estimate of drug-likeness (QED) is 0.808. The molecule has 4 nitrogen and oxygen atoms in total. The zero-order chi connectivity index (χ0) is 15.6. The minimum Gasteiger partial charge on any atom is -0.380 e. The van der Waals surface area contributed by atoms with Gasteiger partial charge < -0.3 is 10.0 Å². The molecule has 0 saturated carbocycles. The van der Waals surface area contributed by atoms with Gasteiger partial charge in [0.15, 0.2) is 0 Å². The number of nitrogens with zero attached hydrogens (tertiary/aromatic N) is 2. The third-order valence-electron chi connectivity index (χ3n) is 2.90. The number of β-amino-alcohol motifs (C(OH)–C–C–N with tert-alkyl or cyclic N) is 1. The highest BCUT2D eigenvalue weighted by Crippen LogP contribution is 2.23. The first-order valence-electron chi connectivity index (χ1n) is 5.98. The number of halogens is 4. The molecule has 1 aromatic rings. The smallest absolute Gasteiger partial charge is 0.380 e. The van der Waals surface area contributed by atoms with Crippen molar-refractivity contribution >= 4 is 38.2 Å². The number of alkyl halides is 3. The van der Waals surface area contributed by atoms with Crippen LogP contribution in [0.15, 0.2) is 33.1 Å². The van der Waals surface area contributed by atoms with E-state index in [0.717, 1.165) is 10.2 Å². The van der Waals surface area contributed by atoms with Crippen LogP contribution in [-0.4, -0.2) is 41.5 Å². The second-order valence-electron chi connectivity index (χ2n) is 4.38. The molecule has 9 heteroatoms. The normalized spacial score (nSPS) is 23.4. The maximum Gasteiger partial charge on any atom is 0.474 e. The lowest BCUT2D eigenvalue weighted by molar-refractivity contribution is -0.169. The molecule has 21 heavy (non-hydrogen) atoms. The Morgan fingerprint density at radius 2 is 2.00 bits per heavy atom. The molecule has 2 atom stereocenters. The molecular weight excluding hydrogens is 373 g/mol. The van der Waals surface area contributed by atoms with E-state index < -0.39 is 28.2 Å². The molecule has 0 spiro atoms. The van der Waals surface area contributed by atoms with Crippen LogP contribution in [0.1, 0.15) is 0 Å². The number of carbonyl (C=O) groups is 1. The summed E-state index contributed by atoms with van der Waals surface area (Å²) in [5.41, 5.74) is -0.212. The third kappa shape index (κ3) is 4.27. The Kier molecular flexibility index (Phi) is 5.05. The summed E-state index contributed by atoms with van der Waals surface area (Å²) in [5, 5.41) is 9.92. The van der Waals surface area contributed by atoms with Crippen molar-refractivity contribution in [2.45, 2.75) is 11.6 Å². The summed E-state index contributed by atoms with van der Waals surface area (Å²) in [5.74, 6) is -1.90. The molecule has 1 aliphatic heterocycles. The fraction of sp³-hybridized carbons (Fsp3) is 0.417. The van der Waals surface area contributed by atoms with Gasteiger partial charge in [-0.2, -0.15) is 17.5 Å². The lowest BCUT2D eigenvalue weighted by Gasteiger charge is -2.33. The molecule has 1 saturated heterocycles. The predicted octanol–water partition coefficient (Wildman–Crippen LogP) is 2.48. The van der Waals surface area contributed by atoms with Crippen LogP contribution < -0.4 is 4.90 Å². The minimum atomic E-state index is -4.98. The summed E-state index contributed by atoms with van der Waals surface area (Å²) in [7, 11) is -1.30. The van der Waals surface area contributed by atoms with Gasteiger partial charge in [-0.05, 0) is 24.3 Å². The van der Waals surface area contributed by atoms with Crippen molar-refractivity contribution in [2.24, 2.45) is 4.36 Å². The molecule has 1 aliphatic rings. The number of hydrogen-bond acceptors (Lipinski definition) is 3. The summed E-state index contributed by atoms with van der Waals surface area (Å²) in [6.07, 6.45) is -4.98. The number of aliphatic hydroxyl groups excluding tert-OH is 1. The topological polar surface area (TPSA) is 52.9 Å². The first-order valence-corrected chi connectivity index (χ1v) is 8.19. The van der Waals surface area contributed by atoms with Gasteiger partial charge >= 0.3 is 12.1 Å². The van der Waals surface area contributed by atoms with Gasteiger partial charge in [0.1, 0.15) is 5.44 Å². The molecule has 1 fully saturated rings.